The van der Waals surface area contributed by atoms with E-state index in [1.807, 2.05) is 13.0 Å². The van der Waals surface area contributed by atoms with Gasteiger partial charge in [0.15, 0.2) is 5.76 Å². The van der Waals surface area contributed by atoms with Gasteiger partial charge in [0.05, 0.1) is 12.2 Å². The van der Waals surface area contributed by atoms with Crippen LogP contribution >= 0.6 is 0 Å². The molecule has 0 N–H and O–H groups in total. The second-order valence-electron chi connectivity index (χ2n) is 3.89. The van der Waals surface area contributed by atoms with Gasteiger partial charge in [0.1, 0.15) is 6.17 Å². The number of alkyl halides is 1. The molecule has 0 aromatic carbocycles. The molecule has 0 atom stereocenters. The van der Waals surface area contributed by atoms with Gasteiger partial charge >= 0.3 is 0 Å². The van der Waals surface area contributed by atoms with Crippen molar-refractivity contribution in [3.8, 4) is 0 Å². The summed E-state index contributed by atoms with van der Waals surface area (Å²) >= 11 is 0. The molecule has 0 radical (unpaired) electrons. The molecule has 1 aliphatic rings. The van der Waals surface area contributed by atoms with Crippen molar-refractivity contribution in [2.24, 2.45) is 0 Å². The monoisotopic (exact) mass is 198 g/mol. The molecule has 4 heteroatoms. The molecule has 0 amide bonds. The molecule has 1 fully saturated rings. The van der Waals surface area contributed by atoms with Crippen LogP contribution in [0.25, 0.3) is 0 Å². The quantitative estimate of drug-likeness (QED) is 0.727. The predicted octanol–water partition coefficient (Wildman–Crippen LogP) is 1.92. The molecule has 2 heterocycles. The first-order valence-electron chi connectivity index (χ1n) is 5.02. The SMILES string of the molecule is Cc1cc(CN2CCC(F)CC2)on1. The number of aromatic nitrogens is 1. The van der Waals surface area contributed by atoms with Crippen molar-refractivity contribution in [1.29, 1.82) is 0 Å². The molecule has 0 saturated carbocycles. The van der Waals surface area contributed by atoms with Gasteiger partial charge in [-0.1, -0.05) is 5.16 Å². The van der Waals surface area contributed by atoms with Gasteiger partial charge in [0.2, 0.25) is 0 Å². The number of nitrogens with zero attached hydrogens (tertiary/aromatic N) is 2. The van der Waals surface area contributed by atoms with Gasteiger partial charge in [0, 0.05) is 19.2 Å². The topological polar surface area (TPSA) is 29.3 Å². The third-order valence-corrected chi connectivity index (χ3v) is 2.57. The number of hydrogen-bond donors (Lipinski definition) is 0. The Hall–Kier alpha value is -0.900. The van der Waals surface area contributed by atoms with Gasteiger partial charge in [0.25, 0.3) is 0 Å². The van der Waals surface area contributed by atoms with Gasteiger partial charge in [-0.05, 0) is 19.8 Å². The zero-order valence-corrected chi connectivity index (χ0v) is 8.37. The van der Waals surface area contributed by atoms with Crippen LogP contribution in [0.15, 0.2) is 10.6 Å². The Morgan fingerprint density at radius 3 is 2.86 bits per heavy atom. The van der Waals surface area contributed by atoms with Crippen molar-refractivity contribution in [3.63, 3.8) is 0 Å². The molecule has 1 aromatic rings. The molecule has 0 unspecified atom stereocenters. The first-order valence-corrected chi connectivity index (χ1v) is 5.02. The summed E-state index contributed by atoms with van der Waals surface area (Å²) in [7, 11) is 0. The molecule has 1 aromatic heterocycles. The lowest BCUT2D eigenvalue weighted by molar-refractivity contribution is 0.135. The maximum Gasteiger partial charge on any atom is 0.150 e. The molecule has 78 valence electrons. The number of likely N-dealkylation sites (tertiary alicyclic amines) is 1. The molecule has 1 saturated heterocycles. The second kappa shape index (κ2) is 4.09. The van der Waals surface area contributed by atoms with Crippen LogP contribution in [0, 0.1) is 6.92 Å². The summed E-state index contributed by atoms with van der Waals surface area (Å²) < 4.78 is 17.9. The van der Waals surface area contributed by atoms with Crippen LogP contribution in [0.3, 0.4) is 0 Å². The van der Waals surface area contributed by atoms with Crippen LogP contribution in [0.2, 0.25) is 0 Å². The van der Waals surface area contributed by atoms with Gasteiger partial charge in [-0.25, -0.2) is 4.39 Å². The fourth-order valence-electron chi connectivity index (χ4n) is 1.77. The Kier molecular flexibility index (Phi) is 2.82. The summed E-state index contributed by atoms with van der Waals surface area (Å²) in [5, 5.41) is 3.82. The predicted molar refractivity (Wildman–Crippen MR) is 50.6 cm³/mol. The van der Waals surface area contributed by atoms with E-state index in [0.29, 0.717) is 12.8 Å². The second-order valence-corrected chi connectivity index (χ2v) is 3.89. The Morgan fingerprint density at radius 1 is 1.57 bits per heavy atom. The fourth-order valence-corrected chi connectivity index (χ4v) is 1.77. The van der Waals surface area contributed by atoms with Crippen LogP contribution in [-0.4, -0.2) is 29.3 Å². The van der Waals surface area contributed by atoms with E-state index in [9.17, 15) is 4.39 Å². The van der Waals surface area contributed by atoms with Gasteiger partial charge in [-0.2, -0.15) is 0 Å². The Labute approximate surface area is 82.9 Å². The van der Waals surface area contributed by atoms with Crippen LogP contribution in [0.4, 0.5) is 4.39 Å². The van der Waals surface area contributed by atoms with Crippen molar-refractivity contribution < 1.29 is 8.91 Å². The van der Waals surface area contributed by atoms with Crippen molar-refractivity contribution in [2.45, 2.75) is 32.5 Å². The van der Waals surface area contributed by atoms with E-state index >= 15 is 0 Å². The van der Waals surface area contributed by atoms with Crippen LogP contribution < -0.4 is 0 Å². The minimum Gasteiger partial charge on any atom is -0.360 e. The van der Waals surface area contributed by atoms with Gasteiger partial charge < -0.3 is 4.52 Å². The number of hydrogen-bond acceptors (Lipinski definition) is 3. The van der Waals surface area contributed by atoms with E-state index in [0.717, 1.165) is 31.1 Å². The Morgan fingerprint density at radius 2 is 2.29 bits per heavy atom. The van der Waals surface area contributed by atoms with E-state index in [4.69, 9.17) is 4.52 Å². The van der Waals surface area contributed by atoms with Crippen LogP contribution in [0.1, 0.15) is 24.3 Å². The highest BCUT2D eigenvalue weighted by atomic mass is 19.1. The molecule has 3 nitrogen and oxygen atoms in total. The summed E-state index contributed by atoms with van der Waals surface area (Å²) in [5.74, 6) is 0.875. The van der Waals surface area contributed by atoms with E-state index in [2.05, 4.69) is 10.1 Å². The molecular weight excluding hydrogens is 183 g/mol. The van der Waals surface area contributed by atoms with Crippen molar-refractivity contribution >= 4 is 0 Å². The van der Waals surface area contributed by atoms with Crippen LogP contribution in [0.5, 0.6) is 0 Å². The molecular formula is C10H15FN2O. The maximum atomic E-state index is 12.8. The number of rotatable bonds is 2. The lowest BCUT2D eigenvalue weighted by atomic mass is 10.1. The average molecular weight is 198 g/mol. The molecule has 0 bridgehead atoms. The number of piperidine rings is 1. The number of halogens is 1. The molecule has 14 heavy (non-hydrogen) atoms. The minimum absolute atomic E-state index is 0.609. The lowest BCUT2D eigenvalue weighted by Crippen LogP contribution is -2.33. The summed E-state index contributed by atoms with van der Waals surface area (Å²) in [5.41, 5.74) is 0.903. The fraction of sp³-hybridized carbons (Fsp3) is 0.700. The number of aryl methyl sites for hydroxylation is 1. The van der Waals surface area contributed by atoms with E-state index in [1.165, 1.54) is 0 Å². The molecule has 0 aliphatic carbocycles. The minimum atomic E-state index is -0.609. The van der Waals surface area contributed by atoms with E-state index in [1.54, 1.807) is 0 Å². The first-order chi connectivity index (χ1) is 6.74. The van der Waals surface area contributed by atoms with E-state index in [-0.39, 0.29) is 0 Å². The van der Waals surface area contributed by atoms with Crippen molar-refractivity contribution in [1.82, 2.24) is 10.1 Å². The zero-order valence-electron chi connectivity index (χ0n) is 8.37. The normalized spacial score (nSPS) is 20.1. The standard InChI is InChI=1S/C10H15FN2O/c1-8-6-10(14-12-8)7-13-4-2-9(11)3-5-13/h6,9H,2-5,7H2,1H3. The Balaban J connectivity index is 1.86. The van der Waals surface area contributed by atoms with Gasteiger partial charge in [-0.15, -0.1) is 0 Å². The van der Waals surface area contributed by atoms with Gasteiger partial charge in [-0.3, -0.25) is 4.90 Å². The molecule has 2 rings (SSSR count). The molecule has 1 aliphatic heterocycles. The maximum absolute atomic E-state index is 12.8. The van der Waals surface area contributed by atoms with Crippen molar-refractivity contribution in [2.75, 3.05) is 13.1 Å². The summed E-state index contributed by atoms with van der Waals surface area (Å²) in [6.07, 6.45) is 0.683. The van der Waals surface area contributed by atoms with E-state index < -0.39 is 6.17 Å². The third-order valence-electron chi connectivity index (χ3n) is 2.57. The van der Waals surface area contributed by atoms with Crippen molar-refractivity contribution in [3.05, 3.63) is 17.5 Å². The Bertz CT molecular complexity index is 292. The lowest BCUT2D eigenvalue weighted by Gasteiger charge is -2.27. The smallest absolute Gasteiger partial charge is 0.150 e. The highest BCUT2D eigenvalue weighted by molar-refractivity contribution is 5.02. The summed E-state index contributed by atoms with van der Waals surface area (Å²) in [4.78, 5) is 2.20. The van der Waals surface area contributed by atoms with Crippen LogP contribution in [-0.2, 0) is 6.54 Å². The summed E-state index contributed by atoms with van der Waals surface area (Å²) in [6, 6.07) is 1.93. The first kappa shape index (κ1) is 9.65. The average Bonchev–Trinajstić information content (AvgIpc) is 2.56. The molecule has 0 spiro atoms. The highest BCUT2D eigenvalue weighted by Gasteiger charge is 2.19. The third kappa shape index (κ3) is 2.32. The largest absolute Gasteiger partial charge is 0.360 e. The summed E-state index contributed by atoms with van der Waals surface area (Å²) in [6.45, 7) is 4.30. The zero-order chi connectivity index (χ0) is 9.97. The highest BCUT2D eigenvalue weighted by Crippen LogP contribution is 2.16.